The third-order valence-electron chi connectivity index (χ3n) is 4.52. The Morgan fingerprint density at radius 3 is 2.69 bits per heavy atom. The standard InChI is InChI=1S/C19H28N2O5/c1-24-10-4-9-21-13-15(12-18(21)22)19(23)20-8-7-14-5-6-16(25-2)17(11-14)26-3/h5-6,11,15H,4,7-10,12-13H2,1-3H3,(H,20,23). The minimum Gasteiger partial charge on any atom is -0.493 e. The van der Waals surface area contributed by atoms with Crippen molar-refractivity contribution in [3.63, 3.8) is 0 Å². The molecular formula is C19H28N2O5. The van der Waals surface area contributed by atoms with Crippen LogP contribution in [-0.4, -0.2) is 64.3 Å². The number of methoxy groups -OCH3 is 3. The molecule has 0 aromatic heterocycles. The monoisotopic (exact) mass is 364 g/mol. The van der Waals surface area contributed by atoms with Crippen molar-refractivity contribution in [3.8, 4) is 11.5 Å². The van der Waals surface area contributed by atoms with E-state index in [1.54, 1.807) is 26.2 Å². The summed E-state index contributed by atoms with van der Waals surface area (Å²) in [5, 5.41) is 2.93. The predicted octanol–water partition coefficient (Wildman–Crippen LogP) is 1.25. The largest absolute Gasteiger partial charge is 0.493 e. The van der Waals surface area contributed by atoms with E-state index in [0.717, 1.165) is 12.0 Å². The number of hydrogen-bond acceptors (Lipinski definition) is 5. The first-order valence-corrected chi connectivity index (χ1v) is 8.84. The van der Waals surface area contributed by atoms with Gasteiger partial charge in [0.1, 0.15) is 0 Å². The highest BCUT2D eigenvalue weighted by molar-refractivity contribution is 5.89. The number of nitrogens with one attached hydrogen (secondary N) is 1. The molecule has 1 heterocycles. The second-order valence-corrected chi connectivity index (χ2v) is 6.32. The molecule has 1 saturated heterocycles. The highest BCUT2D eigenvalue weighted by Gasteiger charge is 2.33. The molecule has 1 aliphatic heterocycles. The van der Waals surface area contributed by atoms with Gasteiger partial charge in [-0.1, -0.05) is 6.07 Å². The van der Waals surface area contributed by atoms with E-state index in [4.69, 9.17) is 14.2 Å². The summed E-state index contributed by atoms with van der Waals surface area (Å²) >= 11 is 0. The molecule has 2 amide bonds. The van der Waals surface area contributed by atoms with Crippen LogP contribution in [0.25, 0.3) is 0 Å². The summed E-state index contributed by atoms with van der Waals surface area (Å²) in [4.78, 5) is 26.1. The summed E-state index contributed by atoms with van der Waals surface area (Å²) in [6.07, 6.45) is 1.76. The van der Waals surface area contributed by atoms with Crippen molar-refractivity contribution in [2.75, 3.05) is 47.6 Å². The lowest BCUT2D eigenvalue weighted by Gasteiger charge is -2.16. The van der Waals surface area contributed by atoms with E-state index < -0.39 is 0 Å². The first-order chi connectivity index (χ1) is 12.6. The van der Waals surface area contributed by atoms with E-state index in [2.05, 4.69) is 5.32 Å². The van der Waals surface area contributed by atoms with E-state index in [-0.39, 0.29) is 24.2 Å². The first kappa shape index (κ1) is 20.0. The SMILES string of the molecule is COCCCN1CC(C(=O)NCCc2ccc(OC)c(OC)c2)CC1=O. The molecule has 7 nitrogen and oxygen atoms in total. The van der Waals surface area contributed by atoms with Gasteiger partial charge in [0.05, 0.1) is 20.1 Å². The lowest BCUT2D eigenvalue weighted by Crippen LogP contribution is -2.34. The van der Waals surface area contributed by atoms with Gasteiger partial charge in [-0.05, 0) is 30.5 Å². The van der Waals surface area contributed by atoms with Crippen molar-refractivity contribution in [1.29, 1.82) is 0 Å². The Balaban J connectivity index is 1.78. The Bertz CT molecular complexity index is 620. The van der Waals surface area contributed by atoms with Gasteiger partial charge in [0, 0.05) is 39.8 Å². The van der Waals surface area contributed by atoms with Crippen LogP contribution in [0.5, 0.6) is 11.5 Å². The predicted molar refractivity (Wildman–Crippen MR) is 97.4 cm³/mol. The molecular weight excluding hydrogens is 336 g/mol. The van der Waals surface area contributed by atoms with Crippen LogP contribution in [0, 0.1) is 5.92 Å². The summed E-state index contributed by atoms with van der Waals surface area (Å²) in [6, 6.07) is 5.70. The minimum absolute atomic E-state index is 0.0427. The number of hydrogen-bond donors (Lipinski definition) is 1. The van der Waals surface area contributed by atoms with Gasteiger partial charge in [0.15, 0.2) is 11.5 Å². The van der Waals surface area contributed by atoms with Gasteiger partial charge in [-0.25, -0.2) is 0 Å². The maximum atomic E-state index is 12.3. The molecule has 7 heteroatoms. The van der Waals surface area contributed by atoms with Crippen molar-refractivity contribution >= 4 is 11.8 Å². The Morgan fingerprint density at radius 1 is 1.23 bits per heavy atom. The second-order valence-electron chi connectivity index (χ2n) is 6.32. The summed E-state index contributed by atoms with van der Waals surface area (Å²) in [6.45, 7) is 2.27. The van der Waals surface area contributed by atoms with Crippen LogP contribution in [0.1, 0.15) is 18.4 Å². The molecule has 0 spiro atoms. The molecule has 1 aromatic rings. The lowest BCUT2D eigenvalue weighted by atomic mass is 10.1. The highest BCUT2D eigenvalue weighted by atomic mass is 16.5. The third kappa shape index (κ3) is 5.36. The van der Waals surface area contributed by atoms with Crippen LogP contribution in [0.4, 0.5) is 0 Å². The molecule has 2 rings (SSSR count). The van der Waals surface area contributed by atoms with Crippen molar-refractivity contribution in [1.82, 2.24) is 10.2 Å². The molecule has 144 valence electrons. The van der Waals surface area contributed by atoms with Gasteiger partial charge in [-0.3, -0.25) is 9.59 Å². The van der Waals surface area contributed by atoms with Crippen LogP contribution in [0.2, 0.25) is 0 Å². The summed E-state index contributed by atoms with van der Waals surface area (Å²) in [5.41, 5.74) is 1.05. The van der Waals surface area contributed by atoms with Crippen molar-refractivity contribution in [2.24, 2.45) is 5.92 Å². The molecule has 1 aromatic carbocycles. The fourth-order valence-electron chi connectivity index (χ4n) is 3.07. The second kappa shape index (κ2) is 10.0. The number of nitrogens with zero attached hydrogens (tertiary/aromatic N) is 1. The highest BCUT2D eigenvalue weighted by Crippen LogP contribution is 2.27. The smallest absolute Gasteiger partial charge is 0.225 e. The zero-order chi connectivity index (χ0) is 18.9. The van der Waals surface area contributed by atoms with Crippen LogP contribution in [-0.2, 0) is 20.7 Å². The quantitative estimate of drug-likeness (QED) is 0.632. The zero-order valence-corrected chi connectivity index (χ0v) is 15.7. The van der Waals surface area contributed by atoms with Gasteiger partial charge in [0.2, 0.25) is 11.8 Å². The number of likely N-dealkylation sites (tertiary alicyclic amines) is 1. The maximum absolute atomic E-state index is 12.3. The zero-order valence-electron chi connectivity index (χ0n) is 15.7. The summed E-state index contributed by atoms with van der Waals surface area (Å²) in [5.74, 6) is 1.06. The average Bonchev–Trinajstić information content (AvgIpc) is 3.02. The molecule has 26 heavy (non-hydrogen) atoms. The fraction of sp³-hybridized carbons (Fsp3) is 0.579. The molecule has 0 aliphatic carbocycles. The first-order valence-electron chi connectivity index (χ1n) is 8.84. The molecule has 0 radical (unpaired) electrons. The van der Waals surface area contributed by atoms with E-state index in [9.17, 15) is 9.59 Å². The van der Waals surface area contributed by atoms with Crippen molar-refractivity contribution < 1.29 is 23.8 Å². The van der Waals surface area contributed by atoms with Gasteiger partial charge in [-0.15, -0.1) is 0 Å². The van der Waals surface area contributed by atoms with E-state index in [1.165, 1.54) is 0 Å². The van der Waals surface area contributed by atoms with Crippen molar-refractivity contribution in [3.05, 3.63) is 23.8 Å². The molecule has 1 N–H and O–H groups in total. The van der Waals surface area contributed by atoms with E-state index in [0.29, 0.717) is 44.2 Å². The van der Waals surface area contributed by atoms with Crippen LogP contribution < -0.4 is 14.8 Å². The van der Waals surface area contributed by atoms with Gasteiger partial charge < -0.3 is 24.4 Å². The van der Waals surface area contributed by atoms with Gasteiger partial charge >= 0.3 is 0 Å². The lowest BCUT2D eigenvalue weighted by molar-refractivity contribution is -0.129. The Labute approximate surface area is 154 Å². The Kier molecular flexibility index (Phi) is 7.72. The van der Waals surface area contributed by atoms with Gasteiger partial charge in [0.25, 0.3) is 0 Å². The van der Waals surface area contributed by atoms with Crippen LogP contribution >= 0.6 is 0 Å². The number of benzene rings is 1. The average molecular weight is 364 g/mol. The molecule has 0 saturated carbocycles. The summed E-state index contributed by atoms with van der Waals surface area (Å²) in [7, 11) is 4.83. The van der Waals surface area contributed by atoms with Crippen LogP contribution in [0.15, 0.2) is 18.2 Å². The van der Waals surface area contributed by atoms with E-state index in [1.807, 2.05) is 18.2 Å². The topological polar surface area (TPSA) is 77.1 Å². The Hall–Kier alpha value is -2.28. The third-order valence-corrected chi connectivity index (χ3v) is 4.52. The number of carbonyl (C=O) groups excluding carboxylic acids is 2. The molecule has 0 bridgehead atoms. The molecule has 1 fully saturated rings. The Morgan fingerprint density at radius 2 is 2.00 bits per heavy atom. The number of rotatable bonds is 10. The normalized spacial score (nSPS) is 16.7. The molecule has 1 unspecified atom stereocenters. The molecule has 1 aliphatic rings. The number of ether oxygens (including phenoxy) is 3. The minimum atomic E-state index is -0.268. The van der Waals surface area contributed by atoms with Crippen molar-refractivity contribution in [2.45, 2.75) is 19.3 Å². The maximum Gasteiger partial charge on any atom is 0.225 e. The summed E-state index contributed by atoms with van der Waals surface area (Å²) < 4.78 is 15.5. The molecule has 1 atom stereocenters. The fourth-order valence-corrected chi connectivity index (χ4v) is 3.07. The van der Waals surface area contributed by atoms with E-state index >= 15 is 0 Å². The number of carbonyl (C=O) groups is 2. The van der Waals surface area contributed by atoms with Crippen LogP contribution in [0.3, 0.4) is 0 Å². The van der Waals surface area contributed by atoms with Gasteiger partial charge in [-0.2, -0.15) is 0 Å². The number of amides is 2.